The van der Waals surface area contributed by atoms with Crippen molar-refractivity contribution in [2.45, 2.75) is 25.8 Å². The van der Waals surface area contributed by atoms with Crippen molar-refractivity contribution in [3.63, 3.8) is 0 Å². The van der Waals surface area contributed by atoms with Crippen LogP contribution in [0.4, 0.5) is 5.69 Å². The van der Waals surface area contributed by atoms with Gasteiger partial charge in [0.25, 0.3) is 0 Å². The summed E-state index contributed by atoms with van der Waals surface area (Å²) in [6.45, 7) is 2.15. The maximum absolute atomic E-state index is 9.25. The van der Waals surface area contributed by atoms with E-state index in [-0.39, 0.29) is 0 Å². The summed E-state index contributed by atoms with van der Waals surface area (Å²) in [4.78, 5) is 0. The van der Waals surface area contributed by atoms with Crippen molar-refractivity contribution in [1.82, 2.24) is 0 Å². The Kier molecular flexibility index (Phi) is 5.54. The van der Waals surface area contributed by atoms with Crippen LogP contribution in [0.3, 0.4) is 0 Å². The summed E-state index contributed by atoms with van der Waals surface area (Å²) < 4.78 is 1.13. The fourth-order valence-electron chi connectivity index (χ4n) is 1.99. The van der Waals surface area contributed by atoms with Crippen molar-refractivity contribution in [3.05, 3.63) is 56.6 Å². The number of hydrogen-bond acceptors (Lipinski definition) is 2. The van der Waals surface area contributed by atoms with Gasteiger partial charge in [-0.1, -0.05) is 23.7 Å². The number of halogens is 2. The number of nitrogens with one attached hydrogen (secondary N) is 1. The van der Waals surface area contributed by atoms with Crippen LogP contribution in [-0.2, 0) is 6.42 Å². The van der Waals surface area contributed by atoms with Gasteiger partial charge in [0.05, 0.1) is 10.7 Å². The molecule has 2 aromatic carbocycles. The maximum atomic E-state index is 9.25. The van der Waals surface area contributed by atoms with Crippen LogP contribution in [0.5, 0.6) is 5.75 Å². The highest BCUT2D eigenvalue weighted by Crippen LogP contribution is 2.25. The lowest BCUT2D eigenvalue weighted by atomic mass is 10.1. The average molecular weight is 402 g/mol. The van der Waals surface area contributed by atoms with Gasteiger partial charge in [-0.3, -0.25) is 0 Å². The molecule has 2 rings (SSSR count). The summed E-state index contributed by atoms with van der Waals surface area (Å²) in [7, 11) is 0. The molecule has 0 aliphatic heterocycles. The minimum Gasteiger partial charge on any atom is -0.508 e. The number of aromatic hydroxyl groups is 1. The van der Waals surface area contributed by atoms with E-state index in [1.807, 2.05) is 30.3 Å². The topological polar surface area (TPSA) is 32.3 Å². The molecule has 0 aliphatic rings. The zero-order valence-electron chi connectivity index (χ0n) is 11.2. The Morgan fingerprint density at radius 1 is 1.20 bits per heavy atom. The number of rotatable bonds is 5. The molecule has 0 heterocycles. The first-order valence-electron chi connectivity index (χ1n) is 6.54. The molecule has 1 atom stereocenters. The van der Waals surface area contributed by atoms with Crippen molar-refractivity contribution in [2.24, 2.45) is 0 Å². The quantitative estimate of drug-likeness (QED) is 0.685. The van der Waals surface area contributed by atoms with Gasteiger partial charge < -0.3 is 10.4 Å². The lowest BCUT2D eigenvalue weighted by molar-refractivity contribution is 0.475. The molecule has 0 aromatic heterocycles. The molecule has 0 saturated heterocycles. The van der Waals surface area contributed by atoms with Crippen LogP contribution in [0, 0.1) is 3.57 Å². The Balaban J connectivity index is 1.89. The number of anilines is 1. The summed E-state index contributed by atoms with van der Waals surface area (Å²) >= 11 is 8.46. The van der Waals surface area contributed by atoms with E-state index >= 15 is 0 Å². The number of phenolic OH excluding ortho intramolecular Hbond substituents is 1. The van der Waals surface area contributed by atoms with E-state index in [4.69, 9.17) is 11.6 Å². The molecule has 1 unspecified atom stereocenters. The van der Waals surface area contributed by atoms with Crippen molar-refractivity contribution in [3.8, 4) is 5.75 Å². The fourth-order valence-corrected chi connectivity index (χ4v) is 2.90. The molecular weight excluding hydrogens is 385 g/mol. The average Bonchev–Trinajstić information content (AvgIpc) is 2.41. The van der Waals surface area contributed by atoms with Crippen LogP contribution in [-0.4, -0.2) is 11.1 Å². The van der Waals surface area contributed by atoms with Gasteiger partial charge in [-0.25, -0.2) is 0 Å². The summed E-state index contributed by atoms with van der Waals surface area (Å²) in [6.07, 6.45) is 1.98. The second-order valence-electron chi connectivity index (χ2n) is 4.87. The third-order valence-corrected chi connectivity index (χ3v) is 4.12. The van der Waals surface area contributed by atoms with Gasteiger partial charge in [-0.05, 0) is 78.3 Å². The van der Waals surface area contributed by atoms with Crippen LogP contribution in [0.25, 0.3) is 0 Å². The second kappa shape index (κ2) is 7.18. The summed E-state index contributed by atoms with van der Waals surface area (Å²) in [5.41, 5.74) is 2.20. The van der Waals surface area contributed by atoms with Gasteiger partial charge in [-0.2, -0.15) is 0 Å². The van der Waals surface area contributed by atoms with Gasteiger partial charge in [0.1, 0.15) is 5.75 Å². The van der Waals surface area contributed by atoms with Crippen molar-refractivity contribution in [1.29, 1.82) is 0 Å². The van der Waals surface area contributed by atoms with Gasteiger partial charge >= 0.3 is 0 Å². The molecule has 0 fully saturated rings. The van der Waals surface area contributed by atoms with Gasteiger partial charge in [-0.15, -0.1) is 0 Å². The Morgan fingerprint density at radius 3 is 2.55 bits per heavy atom. The van der Waals surface area contributed by atoms with Crippen LogP contribution in [0.15, 0.2) is 42.5 Å². The molecule has 0 saturated carbocycles. The minimum atomic E-state index is 0.311. The van der Waals surface area contributed by atoms with Crippen LogP contribution in [0.2, 0.25) is 5.02 Å². The number of hydrogen-bond donors (Lipinski definition) is 2. The first-order valence-corrected chi connectivity index (χ1v) is 8.00. The number of phenols is 1. The van der Waals surface area contributed by atoms with Gasteiger partial charge in [0.2, 0.25) is 0 Å². The SMILES string of the molecule is CC(CCc1ccc(O)cc1)Nc1ccc(I)cc1Cl. The van der Waals surface area contributed by atoms with E-state index < -0.39 is 0 Å². The van der Waals surface area contributed by atoms with Crippen molar-refractivity contribution < 1.29 is 5.11 Å². The zero-order chi connectivity index (χ0) is 14.5. The van der Waals surface area contributed by atoms with Gasteiger partial charge in [0.15, 0.2) is 0 Å². The van der Waals surface area contributed by atoms with Crippen LogP contribution < -0.4 is 5.32 Å². The molecule has 0 bridgehead atoms. The fraction of sp³-hybridized carbons (Fsp3) is 0.250. The van der Waals surface area contributed by atoms with E-state index in [1.54, 1.807) is 12.1 Å². The Bertz CT molecular complexity index is 571. The molecule has 106 valence electrons. The molecular formula is C16H17ClINO. The van der Waals surface area contributed by atoms with E-state index in [2.05, 4.69) is 34.8 Å². The summed E-state index contributed by atoms with van der Waals surface area (Å²) in [5.74, 6) is 0.311. The second-order valence-corrected chi connectivity index (χ2v) is 6.53. The first kappa shape index (κ1) is 15.4. The Morgan fingerprint density at radius 2 is 1.90 bits per heavy atom. The minimum absolute atomic E-state index is 0.311. The Hall–Kier alpha value is -0.940. The molecule has 20 heavy (non-hydrogen) atoms. The number of benzene rings is 2. The first-order chi connectivity index (χ1) is 9.54. The largest absolute Gasteiger partial charge is 0.508 e. The molecule has 2 N–H and O–H groups in total. The standard InChI is InChI=1S/C16H17ClINO/c1-11(2-3-12-4-7-14(20)8-5-12)19-16-9-6-13(18)10-15(16)17/h4-11,19-20H,2-3H2,1H3. The number of aryl methyl sites for hydroxylation is 1. The molecule has 0 spiro atoms. The van der Waals surface area contributed by atoms with Gasteiger partial charge in [0, 0.05) is 9.61 Å². The smallest absolute Gasteiger partial charge is 0.115 e. The lowest BCUT2D eigenvalue weighted by Gasteiger charge is -2.16. The van der Waals surface area contributed by atoms with Crippen LogP contribution in [0.1, 0.15) is 18.9 Å². The van der Waals surface area contributed by atoms with Crippen molar-refractivity contribution >= 4 is 39.9 Å². The highest BCUT2D eigenvalue weighted by molar-refractivity contribution is 14.1. The third kappa shape index (κ3) is 4.56. The molecule has 0 aliphatic carbocycles. The summed E-state index contributed by atoms with van der Waals surface area (Å²) in [5, 5.41) is 13.4. The zero-order valence-corrected chi connectivity index (χ0v) is 14.1. The molecule has 0 amide bonds. The van der Waals surface area contributed by atoms with Crippen molar-refractivity contribution in [2.75, 3.05) is 5.32 Å². The third-order valence-electron chi connectivity index (χ3n) is 3.14. The molecule has 2 nitrogen and oxygen atoms in total. The normalized spacial score (nSPS) is 12.2. The molecule has 0 radical (unpaired) electrons. The van der Waals surface area contributed by atoms with E-state index in [0.29, 0.717) is 11.8 Å². The lowest BCUT2D eigenvalue weighted by Crippen LogP contribution is -2.16. The predicted octanol–water partition coefficient (Wildman–Crippen LogP) is 5.08. The maximum Gasteiger partial charge on any atom is 0.115 e. The highest BCUT2D eigenvalue weighted by atomic mass is 127. The van der Waals surface area contributed by atoms with E-state index in [1.165, 1.54) is 5.56 Å². The van der Waals surface area contributed by atoms with E-state index in [0.717, 1.165) is 27.1 Å². The van der Waals surface area contributed by atoms with E-state index in [9.17, 15) is 5.11 Å². The summed E-state index contributed by atoms with van der Waals surface area (Å²) in [6, 6.07) is 13.7. The predicted molar refractivity (Wildman–Crippen MR) is 93.7 cm³/mol. The highest BCUT2D eigenvalue weighted by Gasteiger charge is 2.06. The van der Waals surface area contributed by atoms with Crippen LogP contribution >= 0.6 is 34.2 Å². The molecule has 2 aromatic rings. The molecule has 4 heteroatoms. The monoisotopic (exact) mass is 401 g/mol. The Labute approximate surface area is 138 Å².